The standard InChI is InChI=1S/C21H21NO4S2/c1-3-5-12-22-19(23)18(28-21(22)27)13-16-10-11-17(26-16)14-6-8-15(9-7-14)20(24)25-4-2/h6-11,13H,3-5,12H2,1-2H3/b18-13-. The van der Waals surface area contributed by atoms with Crippen molar-refractivity contribution in [1.82, 2.24) is 4.90 Å². The van der Waals surface area contributed by atoms with Crippen molar-refractivity contribution in [1.29, 1.82) is 0 Å². The van der Waals surface area contributed by atoms with E-state index < -0.39 is 0 Å². The summed E-state index contributed by atoms with van der Waals surface area (Å²) in [7, 11) is 0. The molecule has 0 atom stereocenters. The predicted molar refractivity (Wildman–Crippen MR) is 115 cm³/mol. The monoisotopic (exact) mass is 415 g/mol. The molecule has 7 heteroatoms. The molecule has 0 radical (unpaired) electrons. The van der Waals surface area contributed by atoms with Crippen molar-refractivity contribution >= 4 is 46.3 Å². The van der Waals surface area contributed by atoms with Crippen molar-refractivity contribution in [2.24, 2.45) is 0 Å². The van der Waals surface area contributed by atoms with Crippen LogP contribution in [0.1, 0.15) is 42.8 Å². The van der Waals surface area contributed by atoms with Gasteiger partial charge in [-0.1, -0.05) is 49.5 Å². The van der Waals surface area contributed by atoms with Gasteiger partial charge in [-0.2, -0.15) is 0 Å². The maximum absolute atomic E-state index is 12.5. The number of rotatable bonds is 7. The number of ether oxygens (including phenoxy) is 1. The third-order valence-electron chi connectivity index (χ3n) is 4.19. The van der Waals surface area contributed by atoms with Gasteiger partial charge in [-0.25, -0.2) is 4.79 Å². The van der Waals surface area contributed by atoms with Gasteiger partial charge in [0.1, 0.15) is 15.8 Å². The van der Waals surface area contributed by atoms with Gasteiger partial charge >= 0.3 is 5.97 Å². The van der Waals surface area contributed by atoms with Crippen LogP contribution in [0.15, 0.2) is 45.7 Å². The molecule has 0 spiro atoms. The summed E-state index contributed by atoms with van der Waals surface area (Å²) in [5.74, 6) is 0.822. The second-order valence-corrected chi connectivity index (χ2v) is 7.86. The summed E-state index contributed by atoms with van der Waals surface area (Å²) in [5, 5.41) is 0. The second-order valence-electron chi connectivity index (χ2n) is 6.19. The van der Waals surface area contributed by atoms with E-state index in [2.05, 4.69) is 6.92 Å². The van der Waals surface area contributed by atoms with Crippen LogP contribution in [0.5, 0.6) is 0 Å². The Morgan fingerprint density at radius 2 is 1.96 bits per heavy atom. The maximum Gasteiger partial charge on any atom is 0.338 e. The lowest BCUT2D eigenvalue weighted by molar-refractivity contribution is -0.122. The zero-order valence-electron chi connectivity index (χ0n) is 15.8. The van der Waals surface area contributed by atoms with E-state index in [4.69, 9.17) is 21.4 Å². The Morgan fingerprint density at radius 3 is 2.64 bits per heavy atom. The van der Waals surface area contributed by atoms with Gasteiger partial charge in [0.2, 0.25) is 0 Å². The van der Waals surface area contributed by atoms with Crippen LogP contribution in [-0.4, -0.2) is 34.2 Å². The first-order valence-electron chi connectivity index (χ1n) is 9.16. The molecule has 0 saturated carbocycles. The fraction of sp³-hybridized carbons (Fsp3) is 0.286. The van der Waals surface area contributed by atoms with Crippen LogP contribution in [0.4, 0.5) is 0 Å². The second kappa shape index (κ2) is 9.21. The van der Waals surface area contributed by atoms with Crippen LogP contribution in [0, 0.1) is 0 Å². The average molecular weight is 416 g/mol. The van der Waals surface area contributed by atoms with E-state index in [1.807, 2.05) is 12.1 Å². The molecular formula is C21H21NO4S2. The largest absolute Gasteiger partial charge is 0.462 e. The number of thioether (sulfide) groups is 1. The molecule has 0 unspecified atom stereocenters. The number of thiocarbonyl (C=S) groups is 1. The Hall–Kier alpha value is -2.38. The summed E-state index contributed by atoms with van der Waals surface area (Å²) >= 11 is 6.62. The summed E-state index contributed by atoms with van der Waals surface area (Å²) in [4.78, 5) is 26.5. The summed E-state index contributed by atoms with van der Waals surface area (Å²) in [6.07, 6.45) is 3.65. The smallest absolute Gasteiger partial charge is 0.338 e. The van der Waals surface area contributed by atoms with Crippen molar-refractivity contribution < 1.29 is 18.7 Å². The molecule has 146 valence electrons. The lowest BCUT2D eigenvalue weighted by Crippen LogP contribution is -2.28. The van der Waals surface area contributed by atoms with Crippen LogP contribution >= 0.6 is 24.0 Å². The molecule has 2 aromatic rings. The number of hydrogen-bond donors (Lipinski definition) is 0. The number of carbonyl (C=O) groups is 2. The zero-order chi connectivity index (χ0) is 20.1. The summed E-state index contributed by atoms with van der Waals surface area (Å²) in [6, 6.07) is 10.7. The molecule has 1 aliphatic rings. The Balaban J connectivity index is 1.74. The third-order valence-corrected chi connectivity index (χ3v) is 5.57. The van der Waals surface area contributed by atoms with Gasteiger partial charge in [0.25, 0.3) is 5.91 Å². The minimum atomic E-state index is -0.348. The summed E-state index contributed by atoms with van der Waals surface area (Å²) in [5.41, 5.74) is 1.33. The summed E-state index contributed by atoms with van der Waals surface area (Å²) < 4.78 is 11.4. The molecule has 1 aromatic carbocycles. The number of unbranched alkanes of at least 4 members (excludes halogenated alkanes) is 1. The fourth-order valence-corrected chi connectivity index (χ4v) is 4.00. The number of hydrogen-bond acceptors (Lipinski definition) is 6. The van der Waals surface area contributed by atoms with Crippen molar-refractivity contribution in [2.45, 2.75) is 26.7 Å². The van der Waals surface area contributed by atoms with Crippen LogP contribution in [0.3, 0.4) is 0 Å². The Kier molecular flexibility index (Phi) is 6.70. The molecule has 3 rings (SSSR count). The zero-order valence-corrected chi connectivity index (χ0v) is 17.4. The van der Waals surface area contributed by atoms with E-state index in [9.17, 15) is 9.59 Å². The van der Waals surface area contributed by atoms with Crippen LogP contribution < -0.4 is 0 Å². The average Bonchev–Trinajstić information content (AvgIpc) is 3.26. The number of esters is 1. The molecule has 5 nitrogen and oxygen atoms in total. The molecule has 28 heavy (non-hydrogen) atoms. The minimum absolute atomic E-state index is 0.0693. The van der Waals surface area contributed by atoms with Gasteiger partial charge < -0.3 is 9.15 Å². The molecular weight excluding hydrogens is 394 g/mol. The van der Waals surface area contributed by atoms with Gasteiger partial charge in [-0.15, -0.1) is 0 Å². The van der Waals surface area contributed by atoms with Crippen molar-refractivity contribution in [3.8, 4) is 11.3 Å². The fourth-order valence-electron chi connectivity index (χ4n) is 2.71. The normalized spacial score (nSPS) is 15.5. The van der Waals surface area contributed by atoms with E-state index >= 15 is 0 Å². The van der Waals surface area contributed by atoms with Gasteiger partial charge in [0, 0.05) is 18.2 Å². The van der Waals surface area contributed by atoms with Crippen molar-refractivity contribution in [3.05, 3.63) is 52.6 Å². The number of carbonyl (C=O) groups excluding carboxylic acids is 2. The third kappa shape index (κ3) is 4.54. The van der Waals surface area contributed by atoms with E-state index in [0.717, 1.165) is 18.4 Å². The van der Waals surface area contributed by atoms with E-state index in [1.165, 1.54) is 11.8 Å². The number of amides is 1. The number of furan rings is 1. The van der Waals surface area contributed by atoms with Gasteiger partial charge in [0.15, 0.2) is 0 Å². The molecule has 1 aromatic heterocycles. The molecule has 0 aliphatic carbocycles. The van der Waals surface area contributed by atoms with Crippen molar-refractivity contribution in [3.63, 3.8) is 0 Å². The molecule has 0 N–H and O–H groups in total. The first-order valence-corrected chi connectivity index (χ1v) is 10.4. The highest BCUT2D eigenvalue weighted by Gasteiger charge is 2.31. The molecule has 1 saturated heterocycles. The summed E-state index contributed by atoms with van der Waals surface area (Å²) in [6.45, 7) is 4.84. The van der Waals surface area contributed by atoms with Crippen LogP contribution in [0.2, 0.25) is 0 Å². The Morgan fingerprint density at radius 1 is 1.21 bits per heavy atom. The minimum Gasteiger partial charge on any atom is -0.462 e. The van der Waals surface area contributed by atoms with E-state index in [0.29, 0.717) is 39.5 Å². The van der Waals surface area contributed by atoms with E-state index in [-0.39, 0.29) is 11.9 Å². The first kappa shape index (κ1) is 20.4. The van der Waals surface area contributed by atoms with Crippen molar-refractivity contribution in [2.75, 3.05) is 13.2 Å². The quantitative estimate of drug-likeness (QED) is 0.355. The number of benzene rings is 1. The van der Waals surface area contributed by atoms with Gasteiger partial charge in [-0.05, 0) is 37.6 Å². The Labute approximate surface area is 173 Å². The SMILES string of the molecule is CCCCN1C(=O)/C(=C/c2ccc(-c3ccc(C(=O)OCC)cc3)o2)SC1=S. The van der Waals surface area contributed by atoms with E-state index in [1.54, 1.807) is 42.2 Å². The molecule has 1 amide bonds. The van der Waals surface area contributed by atoms with Crippen LogP contribution in [0.25, 0.3) is 17.4 Å². The highest BCUT2D eigenvalue weighted by atomic mass is 32.2. The number of nitrogens with zero attached hydrogens (tertiary/aromatic N) is 1. The molecule has 1 fully saturated rings. The van der Waals surface area contributed by atoms with Crippen LogP contribution in [-0.2, 0) is 9.53 Å². The highest BCUT2D eigenvalue weighted by Crippen LogP contribution is 2.33. The predicted octanol–water partition coefficient (Wildman–Crippen LogP) is 5.12. The molecule has 1 aliphatic heterocycles. The maximum atomic E-state index is 12.5. The molecule has 0 bridgehead atoms. The van der Waals surface area contributed by atoms with Gasteiger partial charge in [-0.3, -0.25) is 9.69 Å². The molecule has 2 heterocycles. The first-order chi connectivity index (χ1) is 13.5. The topological polar surface area (TPSA) is 59.8 Å². The lowest BCUT2D eigenvalue weighted by Gasteiger charge is -2.12. The Bertz CT molecular complexity index is 915. The highest BCUT2D eigenvalue weighted by molar-refractivity contribution is 8.26. The van der Waals surface area contributed by atoms with Gasteiger partial charge in [0.05, 0.1) is 17.1 Å². The lowest BCUT2D eigenvalue weighted by atomic mass is 10.1.